The molecule has 0 aliphatic carbocycles. The van der Waals surface area contributed by atoms with Gasteiger partial charge >= 0.3 is 17.9 Å². The normalized spacial score (nSPS) is 13.3. The van der Waals surface area contributed by atoms with E-state index in [0.29, 0.717) is 12.8 Å². The monoisotopic (exact) mass is 869 g/mol. The van der Waals surface area contributed by atoms with Gasteiger partial charge in [0.25, 0.3) is 0 Å². The van der Waals surface area contributed by atoms with Crippen LogP contribution in [0.15, 0.2) is 134 Å². The van der Waals surface area contributed by atoms with Gasteiger partial charge in [-0.2, -0.15) is 0 Å². The molecule has 0 heterocycles. The van der Waals surface area contributed by atoms with Gasteiger partial charge in [0.05, 0.1) is 0 Å². The molecule has 0 bridgehead atoms. The lowest BCUT2D eigenvalue weighted by molar-refractivity contribution is -0.167. The molecular weight excluding hydrogens is 781 g/mol. The van der Waals surface area contributed by atoms with Crippen molar-refractivity contribution < 1.29 is 28.6 Å². The van der Waals surface area contributed by atoms with Gasteiger partial charge in [0.1, 0.15) is 13.2 Å². The van der Waals surface area contributed by atoms with Crippen LogP contribution in [0.3, 0.4) is 0 Å². The fourth-order valence-electron chi connectivity index (χ4n) is 6.09. The topological polar surface area (TPSA) is 78.9 Å². The number of allylic oxidation sites excluding steroid dienone is 22. The fraction of sp³-hybridized carbons (Fsp3) is 0.561. The van der Waals surface area contributed by atoms with Gasteiger partial charge in [0.2, 0.25) is 0 Å². The van der Waals surface area contributed by atoms with E-state index in [1.165, 1.54) is 44.9 Å². The maximum atomic E-state index is 12.8. The average molecular weight is 869 g/mol. The molecule has 1 atom stereocenters. The third-order valence-corrected chi connectivity index (χ3v) is 9.78. The summed E-state index contributed by atoms with van der Waals surface area (Å²) in [5, 5.41) is 0. The molecule has 0 spiro atoms. The molecule has 352 valence electrons. The molecular formula is C57H88O6. The number of ether oxygens (including phenoxy) is 3. The van der Waals surface area contributed by atoms with Crippen molar-refractivity contribution in [3.63, 3.8) is 0 Å². The summed E-state index contributed by atoms with van der Waals surface area (Å²) in [6.45, 7) is 6.22. The van der Waals surface area contributed by atoms with Crippen LogP contribution in [-0.4, -0.2) is 37.2 Å². The molecule has 0 aromatic rings. The molecule has 0 aliphatic heterocycles. The second-order valence-electron chi connectivity index (χ2n) is 15.8. The summed E-state index contributed by atoms with van der Waals surface area (Å²) in [7, 11) is 0. The predicted molar refractivity (Wildman–Crippen MR) is 269 cm³/mol. The molecule has 0 aromatic carbocycles. The van der Waals surface area contributed by atoms with E-state index in [1.807, 2.05) is 36.5 Å². The zero-order chi connectivity index (χ0) is 45.8. The van der Waals surface area contributed by atoms with Crippen LogP contribution in [0.2, 0.25) is 0 Å². The van der Waals surface area contributed by atoms with Crippen molar-refractivity contribution >= 4 is 17.9 Å². The largest absolute Gasteiger partial charge is 0.462 e. The number of carbonyl (C=O) groups excluding carboxylic acids is 3. The van der Waals surface area contributed by atoms with Gasteiger partial charge in [-0.25, -0.2) is 0 Å². The Morgan fingerprint density at radius 1 is 0.349 bits per heavy atom. The van der Waals surface area contributed by atoms with E-state index < -0.39 is 6.10 Å². The van der Waals surface area contributed by atoms with E-state index in [2.05, 4.69) is 118 Å². The van der Waals surface area contributed by atoms with Crippen molar-refractivity contribution in [3.8, 4) is 0 Å². The first-order chi connectivity index (χ1) is 31.0. The number of hydrogen-bond donors (Lipinski definition) is 0. The highest BCUT2D eigenvalue weighted by atomic mass is 16.6. The number of carbonyl (C=O) groups is 3. The molecule has 0 amide bonds. The predicted octanol–water partition coefficient (Wildman–Crippen LogP) is 16.3. The van der Waals surface area contributed by atoms with E-state index in [1.54, 1.807) is 0 Å². The minimum absolute atomic E-state index is 0.126. The van der Waals surface area contributed by atoms with Gasteiger partial charge < -0.3 is 14.2 Å². The molecule has 0 saturated carbocycles. The Bertz CT molecular complexity index is 1420. The smallest absolute Gasteiger partial charge is 0.306 e. The minimum atomic E-state index is -0.827. The van der Waals surface area contributed by atoms with E-state index in [0.717, 1.165) is 96.3 Å². The zero-order valence-corrected chi connectivity index (χ0v) is 40.0. The number of rotatable bonds is 42. The lowest BCUT2D eigenvalue weighted by Gasteiger charge is -2.18. The molecule has 0 aromatic heterocycles. The van der Waals surface area contributed by atoms with Gasteiger partial charge in [-0.1, -0.05) is 206 Å². The number of unbranched alkanes of at least 4 members (excludes halogenated alkanes) is 14. The highest BCUT2D eigenvalue weighted by Gasteiger charge is 2.19. The molecule has 1 unspecified atom stereocenters. The Hall–Kier alpha value is -4.45. The lowest BCUT2D eigenvalue weighted by Crippen LogP contribution is -2.30. The Morgan fingerprint density at radius 2 is 0.698 bits per heavy atom. The molecule has 0 fully saturated rings. The van der Waals surface area contributed by atoms with Crippen LogP contribution in [0, 0.1) is 0 Å². The van der Waals surface area contributed by atoms with Crippen LogP contribution < -0.4 is 0 Å². The maximum absolute atomic E-state index is 12.8. The van der Waals surface area contributed by atoms with Gasteiger partial charge in [0.15, 0.2) is 6.10 Å². The van der Waals surface area contributed by atoms with Gasteiger partial charge in [0, 0.05) is 19.3 Å². The van der Waals surface area contributed by atoms with E-state index >= 15 is 0 Å². The van der Waals surface area contributed by atoms with E-state index in [4.69, 9.17) is 14.2 Å². The minimum Gasteiger partial charge on any atom is -0.462 e. The van der Waals surface area contributed by atoms with Gasteiger partial charge in [-0.3, -0.25) is 14.4 Å². The van der Waals surface area contributed by atoms with Crippen molar-refractivity contribution in [2.75, 3.05) is 13.2 Å². The molecule has 6 heteroatoms. The summed E-state index contributed by atoms with van der Waals surface area (Å²) in [6, 6.07) is 0. The van der Waals surface area contributed by atoms with Crippen molar-refractivity contribution in [1.29, 1.82) is 0 Å². The molecule has 63 heavy (non-hydrogen) atoms. The van der Waals surface area contributed by atoms with E-state index in [9.17, 15) is 14.4 Å². The van der Waals surface area contributed by atoms with Crippen molar-refractivity contribution in [2.45, 2.75) is 194 Å². The first-order valence-corrected chi connectivity index (χ1v) is 24.8. The summed E-state index contributed by atoms with van der Waals surface area (Å²) in [5.41, 5.74) is 0. The Kier molecular flexibility index (Phi) is 46.7. The first kappa shape index (κ1) is 58.6. The second kappa shape index (κ2) is 50.2. The quantitative estimate of drug-likeness (QED) is 0.0200. The molecule has 0 radical (unpaired) electrons. The summed E-state index contributed by atoms with van der Waals surface area (Å²) in [5.74, 6) is -1.04. The fourth-order valence-corrected chi connectivity index (χ4v) is 6.09. The van der Waals surface area contributed by atoms with Crippen LogP contribution in [0.25, 0.3) is 0 Å². The molecule has 0 rings (SSSR count). The third kappa shape index (κ3) is 48.4. The molecule has 0 saturated heterocycles. The highest BCUT2D eigenvalue weighted by Crippen LogP contribution is 2.12. The summed E-state index contributed by atoms with van der Waals surface area (Å²) in [4.78, 5) is 37.9. The zero-order valence-electron chi connectivity index (χ0n) is 40.0. The first-order valence-electron chi connectivity index (χ1n) is 24.8. The summed E-state index contributed by atoms with van der Waals surface area (Å²) >= 11 is 0. The molecule has 6 nitrogen and oxygen atoms in total. The van der Waals surface area contributed by atoms with Crippen molar-refractivity contribution in [2.24, 2.45) is 0 Å². The van der Waals surface area contributed by atoms with Crippen LogP contribution >= 0.6 is 0 Å². The van der Waals surface area contributed by atoms with Crippen LogP contribution in [0.1, 0.15) is 188 Å². The lowest BCUT2D eigenvalue weighted by atomic mass is 10.1. The Labute approximate surface area is 385 Å². The number of esters is 3. The molecule has 0 N–H and O–H groups in total. The standard InChI is InChI=1S/C57H88O6/c1-4-7-10-13-16-19-22-25-27-28-30-32-35-38-41-44-47-50-56(59)62-53-54(52-61-55(58)49-46-43-40-37-34-31-24-21-18-15-12-9-6-3)63-57(60)51-48-45-42-39-36-33-29-26-23-20-17-14-11-8-5-2/h8-9,11-12,14-21,23-25,27,30-32,34,38,41,54H,4-7,10,13,22,26,28-29,33,35-37,39-40,42-53H2,1-3H3/b11-8-,12-9-,17-14-,18-15-,19-16-,23-20-,24-21-,27-25-,32-30-,34-31-,41-38-. The summed E-state index contributed by atoms with van der Waals surface area (Å²) in [6.07, 6.45) is 70.1. The highest BCUT2D eigenvalue weighted by molar-refractivity contribution is 5.71. The molecule has 0 aliphatic rings. The second-order valence-corrected chi connectivity index (χ2v) is 15.8. The average Bonchev–Trinajstić information content (AvgIpc) is 3.28. The Balaban J connectivity index is 4.58. The van der Waals surface area contributed by atoms with Crippen LogP contribution in [0.4, 0.5) is 0 Å². The van der Waals surface area contributed by atoms with Gasteiger partial charge in [-0.05, 0) is 96.3 Å². The number of hydrogen-bond acceptors (Lipinski definition) is 6. The van der Waals surface area contributed by atoms with Gasteiger partial charge in [-0.15, -0.1) is 0 Å². The van der Waals surface area contributed by atoms with Crippen molar-refractivity contribution in [3.05, 3.63) is 134 Å². The van der Waals surface area contributed by atoms with Crippen LogP contribution in [0.5, 0.6) is 0 Å². The Morgan fingerprint density at radius 3 is 1.19 bits per heavy atom. The van der Waals surface area contributed by atoms with E-state index in [-0.39, 0.29) is 44.0 Å². The van der Waals surface area contributed by atoms with Crippen LogP contribution in [-0.2, 0) is 28.6 Å². The SMILES string of the molecule is CC\C=C/C=C\C=C/C=C\CCCCCC(=O)OCC(COC(=O)CCC/C=C\C/C=C\C/C=C\C/C=C\CCCCC)OC(=O)CCCCCCCCC\C=C/C=C\C=C/CC. The summed E-state index contributed by atoms with van der Waals surface area (Å²) < 4.78 is 16.7. The maximum Gasteiger partial charge on any atom is 0.306 e. The van der Waals surface area contributed by atoms with Crippen molar-refractivity contribution in [1.82, 2.24) is 0 Å². The third-order valence-electron chi connectivity index (χ3n) is 9.78.